The van der Waals surface area contributed by atoms with Crippen molar-refractivity contribution in [1.29, 1.82) is 0 Å². The number of amides is 1. The van der Waals surface area contributed by atoms with Crippen molar-refractivity contribution in [3.05, 3.63) is 64.2 Å². The number of carbonyl (C=O) groups is 1. The summed E-state index contributed by atoms with van der Waals surface area (Å²) in [5.41, 5.74) is 0.572. The molecule has 0 fully saturated rings. The normalized spacial score (nSPS) is 9.90. The second kappa shape index (κ2) is 6.38. The molecule has 0 saturated heterocycles. The van der Waals surface area contributed by atoms with Gasteiger partial charge in [0.05, 0.1) is 16.7 Å². The minimum absolute atomic E-state index is 0.0770. The average Bonchev–Trinajstić information content (AvgIpc) is 2.45. The van der Waals surface area contributed by atoms with Crippen LogP contribution < -0.4 is 5.32 Å². The lowest BCUT2D eigenvalue weighted by Gasteiger charge is -2.07. The number of phenolic OH excluding ortho intramolecular Hbond substituents is 1. The van der Waals surface area contributed by atoms with Crippen molar-refractivity contribution in [2.45, 2.75) is 6.61 Å². The van der Waals surface area contributed by atoms with E-state index in [1.165, 1.54) is 6.07 Å². The highest BCUT2D eigenvalue weighted by molar-refractivity contribution is 5.85. The van der Waals surface area contributed by atoms with Crippen molar-refractivity contribution in [2.75, 3.05) is 5.32 Å². The van der Waals surface area contributed by atoms with Crippen LogP contribution in [0.25, 0.3) is 0 Å². The standard InChI is InChI=1S/C14H12N2O5/c17-13-7-11(6-12(8-13)16(19)20)15-14(18)21-9-10-4-2-1-3-5-10/h1-8,17H,9H2,(H,15,18). The van der Waals surface area contributed by atoms with Gasteiger partial charge in [0.25, 0.3) is 5.69 Å². The molecule has 0 aliphatic carbocycles. The third-order valence-electron chi connectivity index (χ3n) is 2.57. The molecule has 0 atom stereocenters. The van der Waals surface area contributed by atoms with Gasteiger partial charge in [-0.05, 0) is 5.56 Å². The summed E-state index contributed by atoms with van der Waals surface area (Å²) < 4.78 is 4.97. The van der Waals surface area contributed by atoms with Gasteiger partial charge in [0, 0.05) is 12.1 Å². The molecule has 0 aromatic heterocycles. The molecule has 0 aliphatic rings. The van der Waals surface area contributed by atoms with Gasteiger partial charge in [-0.3, -0.25) is 15.4 Å². The Hall–Kier alpha value is -3.09. The molecule has 0 aliphatic heterocycles. The number of non-ortho nitro benzene ring substituents is 1. The van der Waals surface area contributed by atoms with Gasteiger partial charge in [0.2, 0.25) is 0 Å². The van der Waals surface area contributed by atoms with E-state index >= 15 is 0 Å². The fourth-order valence-electron chi connectivity index (χ4n) is 1.65. The molecule has 21 heavy (non-hydrogen) atoms. The molecule has 0 spiro atoms. The number of nitro benzene ring substituents is 1. The third-order valence-corrected chi connectivity index (χ3v) is 2.57. The minimum Gasteiger partial charge on any atom is -0.508 e. The van der Waals surface area contributed by atoms with Crippen LogP contribution in [0, 0.1) is 10.1 Å². The van der Waals surface area contributed by atoms with Gasteiger partial charge >= 0.3 is 6.09 Å². The molecule has 0 radical (unpaired) electrons. The predicted octanol–water partition coefficient (Wildman–Crippen LogP) is 3.05. The van der Waals surface area contributed by atoms with E-state index in [-0.39, 0.29) is 23.7 Å². The highest BCUT2D eigenvalue weighted by Gasteiger charge is 2.11. The van der Waals surface area contributed by atoms with Gasteiger partial charge in [0.15, 0.2) is 0 Å². The molecule has 2 rings (SSSR count). The molecule has 0 saturated carbocycles. The smallest absolute Gasteiger partial charge is 0.411 e. The van der Waals surface area contributed by atoms with Crippen LogP contribution in [0.3, 0.4) is 0 Å². The number of phenols is 1. The molecule has 0 bridgehead atoms. The Balaban J connectivity index is 1.98. The Morgan fingerprint density at radius 2 is 1.95 bits per heavy atom. The Bertz CT molecular complexity index is 658. The lowest BCUT2D eigenvalue weighted by atomic mass is 10.2. The molecule has 1 amide bonds. The third kappa shape index (κ3) is 4.20. The summed E-state index contributed by atoms with van der Waals surface area (Å²) in [6, 6.07) is 12.4. The highest BCUT2D eigenvalue weighted by atomic mass is 16.6. The van der Waals surface area contributed by atoms with E-state index in [2.05, 4.69) is 5.32 Å². The van der Waals surface area contributed by atoms with Crippen LogP contribution in [0.15, 0.2) is 48.5 Å². The maximum atomic E-state index is 11.6. The first kappa shape index (κ1) is 14.3. The lowest BCUT2D eigenvalue weighted by Crippen LogP contribution is -2.13. The average molecular weight is 288 g/mol. The number of benzene rings is 2. The molecule has 0 heterocycles. The summed E-state index contributed by atoms with van der Waals surface area (Å²) in [4.78, 5) is 21.6. The van der Waals surface area contributed by atoms with Crippen molar-refractivity contribution in [2.24, 2.45) is 0 Å². The maximum absolute atomic E-state index is 11.6. The Kier molecular flexibility index (Phi) is 4.35. The van der Waals surface area contributed by atoms with Crippen molar-refractivity contribution < 1.29 is 19.6 Å². The Morgan fingerprint density at radius 3 is 2.62 bits per heavy atom. The molecule has 7 nitrogen and oxygen atoms in total. The van der Waals surface area contributed by atoms with E-state index in [0.29, 0.717) is 0 Å². The fourth-order valence-corrected chi connectivity index (χ4v) is 1.65. The van der Waals surface area contributed by atoms with Gasteiger partial charge < -0.3 is 9.84 Å². The molecular formula is C14H12N2O5. The number of anilines is 1. The summed E-state index contributed by atoms with van der Waals surface area (Å²) in [5, 5.41) is 22.3. The molecular weight excluding hydrogens is 276 g/mol. The molecule has 0 unspecified atom stereocenters. The van der Waals surface area contributed by atoms with Gasteiger partial charge in [-0.15, -0.1) is 0 Å². The monoisotopic (exact) mass is 288 g/mol. The maximum Gasteiger partial charge on any atom is 0.411 e. The van der Waals surface area contributed by atoms with Crippen LogP contribution in [0.5, 0.6) is 5.75 Å². The molecule has 2 aromatic carbocycles. The van der Waals surface area contributed by atoms with Crippen LogP contribution in [0.2, 0.25) is 0 Å². The van der Waals surface area contributed by atoms with Gasteiger partial charge in [0.1, 0.15) is 12.4 Å². The zero-order valence-corrected chi connectivity index (χ0v) is 10.9. The van der Waals surface area contributed by atoms with Crippen molar-refractivity contribution >= 4 is 17.5 Å². The number of rotatable bonds is 4. The number of hydrogen-bond donors (Lipinski definition) is 2. The van der Waals surface area contributed by atoms with Crippen LogP contribution in [-0.2, 0) is 11.3 Å². The Labute approximate surface area is 119 Å². The topological polar surface area (TPSA) is 102 Å². The van der Waals surface area contributed by atoms with E-state index in [9.17, 15) is 20.0 Å². The summed E-state index contributed by atoms with van der Waals surface area (Å²) in [7, 11) is 0. The van der Waals surface area contributed by atoms with Crippen LogP contribution in [-0.4, -0.2) is 16.1 Å². The Morgan fingerprint density at radius 1 is 1.24 bits per heavy atom. The second-order valence-corrected chi connectivity index (χ2v) is 4.18. The number of ether oxygens (including phenoxy) is 1. The van der Waals surface area contributed by atoms with Crippen LogP contribution in [0.4, 0.5) is 16.2 Å². The predicted molar refractivity (Wildman–Crippen MR) is 75.0 cm³/mol. The van der Waals surface area contributed by atoms with Gasteiger partial charge in [-0.25, -0.2) is 4.79 Å². The van der Waals surface area contributed by atoms with Crippen molar-refractivity contribution in [3.8, 4) is 5.75 Å². The number of nitrogens with one attached hydrogen (secondary N) is 1. The number of nitro groups is 1. The van der Waals surface area contributed by atoms with Gasteiger partial charge in [-0.1, -0.05) is 30.3 Å². The van der Waals surface area contributed by atoms with E-state index in [1.807, 2.05) is 18.2 Å². The highest BCUT2D eigenvalue weighted by Crippen LogP contribution is 2.25. The lowest BCUT2D eigenvalue weighted by molar-refractivity contribution is -0.384. The first-order valence-corrected chi connectivity index (χ1v) is 6.01. The number of carbonyl (C=O) groups excluding carboxylic acids is 1. The van der Waals surface area contributed by atoms with E-state index in [1.54, 1.807) is 12.1 Å². The number of nitrogens with zero attached hydrogens (tertiary/aromatic N) is 1. The summed E-state index contributed by atoms with van der Waals surface area (Å²) in [6.45, 7) is 0.0770. The number of hydrogen-bond acceptors (Lipinski definition) is 5. The quantitative estimate of drug-likeness (QED) is 0.665. The fraction of sp³-hybridized carbons (Fsp3) is 0.0714. The van der Waals surface area contributed by atoms with Crippen LogP contribution >= 0.6 is 0 Å². The molecule has 7 heteroatoms. The first-order chi connectivity index (χ1) is 10.0. The van der Waals surface area contributed by atoms with E-state index in [0.717, 1.165) is 17.7 Å². The summed E-state index contributed by atoms with van der Waals surface area (Å²) in [6.07, 6.45) is -0.765. The molecule has 2 aromatic rings. The van der Waals surface area contributed by atoms with Crippen molar-refractivity contribution in [3.63, 3.8) is 0 Å². The first-order valence-electron chi connectivity index (χ1n) is 6.01. The van der Waals surface area contributed by atoms with Crippen molar-refractivity contribution in [1.82, 2.24) is 0 Å². The summed E-state index contributed by atoms with van der Waals surface area (Å²) in [5.74, 6) is -0.317. The number of aromatic hydroxyl groups is 1. The molecule has 108 valence electrons. The second-order valence-electron chi connectivity index (χ2n) is 4.18. The minimum atomic E-state index is -0.765. The summed E-state index contributed by atoms with van der Waals surface area (Å²) >= 11 is 0. The van der Waals surface area contributed by atoms with E-state index < -0.39 is 11.0 Å². The SMILES string of the molecule is O=C(Nc1cc(O)cc([N+](=O)[O-])c1)OCc1ccccc1. The zero-order valence-electron chi connectivity index (χ0n) is 10.9. The molecule has 2 N–H and O–H groups in total. The van der Waals surface area contributed by atoms with Crippen LogP contribution in [0.1, 0.15) is 5.56 Å². The van der Waals surface area contributed by atoms with Gasteiger partial charge in [-0.2, -0.15) is 0 Å². The van der Waals surface area contributed by atoms with E-state index in [4.69, 9.17) is 4.74 Å². The largest absolute Gasteiger partial charge is 0.508 e. The zero-order chi connectivity index (χ0) is 15.2.